The van der Waals surface area contributed by atoms with Crippen molar-refractivity contribution in [1.82, 2.24) is 0 Å². The minimum atomic E-state index is -2.99. The van der Waals surface area contributed by atoms with E-state index in [-0.39, 0.29) is 23.9 Å². The van der Waals surface area contributed by atoms with E-state index in [4.69, 9.17) is 9.47 Å². The van der Waals surface area contributed by atoms with Gasteiger partial charge in [0.2, 0.25) is 0 Å². The Kier molecular flexibility index (Phi) is 5.89. The Morgan fingerprint density at radius 3 is 2.35 bits per heavy atom. The Labute approximate surface area is 105 Å². The summed E-state index contributed by atoms with van der Waals surface area (Å²) in [7, 11) is -1.45. The van der Waals surface area contributed by atoms with E-state index in [1.54, 1.807) is 14.0 Å². The lowest BCUT2D eigenvalue weighted by molar-refractivity contribution is -0.106. The minimum absolute atomic E-state index is 0.111. The lowest BCUT2D eigenvalue weighted by Gasteiger charge is -2.26. The van der Waals surface area contributed by atoms with Crippen LogP contribution in [0.1, 0.15) is 39.5 Å². The van der Waals surface area contributed by atoms with E-state index >= 15 is 0 Å². The number of ether oxygens (including phenoxy) is 2. The van der Waals surface area contributed by atoms with Gasteiger partial charge < -0.3 is 9.47 Å². The van der Waals surface area contributed by atoms with Gasteiger partial charge in [0.25, 0.3) is 0 Å². The summed E-state index contributed by atoms with van der Waals surface area (Å²) >= 11 is 0. The number of methoxy groups -OCH3 is 1. The SMILES string of the molecule is COC(C)OCCS(=O)(=O)C1CCC(C)CC1. The molecule has 102 valence electrons. The molecule has 1 aliphatic rings. The van der Waals surface area contributed by atoms with E-state index in [2.05, 4.69) is 6.92 Å². The van der Waals surface area contributed by atoms with E-state index in [0.717, 1.165) is 25.7 Å². The van der Waals surface area contributed by atoms with Gasteiger partial charge in [0.05, 0.1) is 17.6 Å². The van der Waals surface area contributed by atoms with Crippen LogP contribution in [0.4, 0.5) is 0 Å². The first-order valence-corrected chi connectivity index (χ1v) is 8.03. The van der Waals surface area contributed by atoms with E-state index in [1.807, 2.05) is 0 Å². The van der Waals surface area contributed by atoms with Crippen molar-refractivity contribution in [3.8, 4) is 0 Å². The van der Waals surface area contributed by atoms with Gasteiger partial charge in [-0.3, -0.25) is 0 Å². The van der Waals surface area contributed by atoms with Crippen molar-refractivity contribution in [1.29, 1.82) is 0 Å². The largest absolute Gasteiger partial charge is 0.356 e. The molecule has 0 radical (unpaired) electrons. The molecule has 1 saturated carbocycles. The molecule has 1 fully saturated rings. The highest BCUT2D eigenvalue weighted by molar-refractivity contribution is 7.92. The molecule has 0 spiro atoms. The van der Waals surface area contributed by atoms with E-state index in [9.17, 15) is 8.42 Å². The molecule has 4 nitrogen and oxygen atoms in total. The van der Waals surface area contributed by atoms with Crippen LogP contribution in [-0.4, -0.2) is 39.4 Å². The van der Waals surface area contributed by atoms with Crippen LogP contribution in [-0.2, 0) is 19.3 Å². The van der Waals surface area contributed by atoms with Crippen molar-refractivity contribution in [2.24, 2.45) is 5.92 Å². The predicted molar refractivity (Wildman–Crippen MR) is 67.6 cm³/mol. The first-order chi connectivity index (χ1) is 7.95. The molecule has 0 saturated heterocycles. The second-order valence-electron chi connectivity index (χ2n) is 4.92. The average Bonchev–Trinajstić information content (AvgIpc) is 2.29. The molecule has 0 aromatic heterocycles. The Balaban J connectivity index is 2.35. The fourth-order valence-corrected chi connectivity index (χ4v) is 3.81. The molecule has 1 aliphatic carbocycles. The standard InChI is InChI=1S/C12H24O4S/c1-10-4-6-12(7-5-10)17(13,14)9-8-16-11(2)15-3/h10-12H,4-9H2,1-3H3. The lowest BCUT2D eigenvalue weighted by Crippen LogP contribution is -2.30. The Bertz CT molecular complexity index is 304. The molecule has 0 aromatic carbocycles. The highest BCUT2D eigenvalue weighted by atomic mass is 32.2. The van der Waals surface area contributed by atoms with Gasteiger partial charge in [0, 0.05) is 7.11 Å². The molecular formula is C12H24O4S. The van der Waals surface area contributed by atoms with Crippen LogP contribution in [0.2, 0.25) is 0 Å². The summed E-state index contributed by atoms with van der Waals surface area (Å²) in [5, 5.41) is -0.153. The lowest BCUT2D eigenvalue weighted by atomic mass is 9.91. The molecule has 1 unspecified atom stereocenters. The molecule has 0 N–H and O–H groups in total. The normalized spacial score (nSPS) is 27.9. The third kappa shape index (κ3) is 4.94. The third-order valence-electron chi connectivity index (χ3n) is 3.52. The van der Waals surface area contributed by atoms with Gasteiger partial charge in [0.1, 0.15) is 0 Å². The fourth-order valence-electron chi connectivity index (χ4n) is 2.15. The highest BCUT2D eigenvalue weighted by Crippen LogP contribution is 2.28. The zero-order valence-corrected chi connectivity index (χ0v) is 11.8. The molecule has 1 atom stereocenters. The Hall–Kier alpha value is -0.130. The van der Waals surface area contributed by atoms with E-state index in [0.29, 0.717) is 5.92 Å². The number of hydrogen-bond donors (Lipinski definition) is 0. The molecule has 17 heavy (non-hydrogen) atoms. The number of rotatable bonds is 6. The van der Waals surface area contributed by atoms with Crippen LogP contribution < -0.4 is 0 Å². The molecule has 0 heterocycles. The molecule has 0 amide bonds. The van der Waals surface area contributed by atoms with Crippen molar-refractivity contribution in [3.63, 3.8) is 0 Å². The second kappa shape index (κ2) is 6.71. The maximum Gasteiger partial charge on any atom is 0.155 e. The van der Waals surface area contributed by atoms with Gasteiger partial charge in [-0.2, -0.15) is 0 Å². The van der Waals surface area contributed by atoms with Crippen molar-refractivity contribution in [2.75, 3.05) is 19.5 Å². The molecule has 0 aromatic rings. The second-order valence-corrected chi connectivity index (χ2v) is 7.32. The summed E-state index contributed by atoms with van der Waals surface area (Å²) < 4.78 is 34.2. The van der Waals surface area contributed by atoms with Crippen LogP contribution in [0.3, 0.4) is 0 Å². The summed E-state index contributed by atoms with van der Waals surface area (Å²) in [6.45, 7) is 4.17. The quantitative estimate of drug-likeness (QED) is 0.688. The summed E-state index contributed by atoms with van der Waals surface area (Å²) in [6.07, 6.45) is 3.34. The molecule has 0 aliphatic heterocycles. The van der Waals surface area contributed by atoms with Crippen LogP contribution in [0, 0.1) is 5.92 Å². The van der Waals surface area contributed by atoms with Gasteiger partial charge in [-0.25, -0.2) is 8.42 Å². The average molecular weight is 264 g/mol. The molecule has 0 bridgehead atoms. The first-order valence-electron chi connectivity index (χ1n) is 6.31. The summed E-state index contributed by atoms with van der Waals surface area (Å²) in [4.78, 5) is 0. The van der Waals surface area contributed by atoms with E-state index < -0.39 is 9.84 Å². The maximum absolute atomic E-state index is 12.0. The predicted octanol–water partition coefficient (Wildman–Crippen LogP) is 1.99. The molecule has 5 heteroatoms. The van der Waals surface area contributed by atoms with Gasteiger partial charge >= 0.3 is 0 Å². The summed E-state index contributed by atoms with van der Waals surface area (Å²) in [5.41, 5.74) is 0. The van der Waals surface area contributed by atoms with Gasteiger partial charge in [0.15, 0.2) is 16.1 Å². The van der Waals surface area contributed by atoms with Crippen LogP contribution in [0.15, 0.2) is 0 Å². The van der Waals surface area contributed by atoms with Gasteiger partial charge in [-0.15, -0.1) is 0 Å². The zero-order chi connectivity index (χ0) is 12.9. The summed E-state index contributed by atoms with van der Waals surface area (Å²) in [5.74, 6) is 0.783. The van der Waals surface area contributed by atoms with Crippen molar-refractivity contribution < 1.29 is 17.9 Å². The van der Waals surface area contributed by atoms with Crippen molar-refractivity contribution in [2.45, 2.75) is 51.1 Å². The van der Waals surface area contributed by atoms with Crippen LogP contribution in [0.25, 0.3) is 0 Å². The first kappa shape index (κ1) is 14.9. The topological polar surface area (TPSA) is 52.6 Å². The summed E-state index contributed by atoms with van der Waals surface area (Å²) in [6, 6.07) is 0. The minimum Gasteiger partial charge on any atom is -0.356 e. The van der Waals surface area contributed by atoms with E-state index in [1.165, 1.54) is 0 Å². The zero-order valence-electron chi connectivity index (χ0n) is 11.0. The third-order valence-corrected chi connectivity index (χ3v) is 5.75. The van der Waals surface area contributed by atoms with Crippen molar-refractivity contribution in [3.05, 3.63) is 0 Å². The monoisotopic (exact) mass is 264 g/mol. The maximum atomic E-state index is 12.0. The Morgan fingerprint density at radius 1 is 1.24 bits per heavy atom. The highest BCUT2D eigenvalue weighted by Gasteiger charge is 2.29. The molecule has 1 rings (SSSR count). The van der Waals surface area contributed by atoms with Crippen LogP contribution >= 0.6 is 0 Å². The smallest absolute Gasteiger partial charge is 0.155 e. The van der Waals surface area contributed by atoms with Gasteiger partial charge in [-0.1, -0.05) is 6.92 Å². The molecular weight excluding hydrogens is 240 g/mol. The van der Waals surface area contributed by atoms with Crippen molar-refractivity contribution >= 4 is 9.84 Å². The number of hydrogen-bond acceptors (Lipinski definition) is 4. The van der Waals surface area contributed by atoms with Gasteiger partial charge in [-0.05, 0) is 38.5 Å². The number of sulfone groups is 1. The van der Waals surface area contributed by atoms with Crippen LogP contribution in [0.5, 0.6) is 0 Å². The fraction of sp³-hybridized carbons (Fsp3) is 1.00. The Morgan fingerprint density at radius 2 is 1.82 bits per heavy atom.